The first-order chi connectivity index (χ1) is 30.4. The van der Waals surface area contributed by atoms with Gasteiger partial charge >= 0.3 is 5.97 Å². The molecule has 3 aliphatic heterocycles. The molecule has 7 fully saturated rings. The van der Waals surface area contributed by atoms with Crippen LogP contribution in [0.4, 0.5) is 0 Å². The Morgan fingerprint density at radius 2 is 1.32 bits per heavy atom. The van der Waals surface area contributed by atoms with Gasteiger partial charge in [0.25, 0.3) is 0 Å². The molecule has 372 valence electrons. The summed E-state index contributed by atoms with van der Waals surface area (Å²) in [6, 6.07) is 0. The number of hydrogen-bond donors (Lipinski definition) is 12. The van der Waals surface area contributed by atoms with Crippen molar-refractivity contribution in [2.45, 2.75) is 191 Å². The first kappa shape index (κ1) is 49.9. The molecule has 0 aromatic carbocycles. The van der Waals surface area contributed by atoms with Crippen LogP contribution in [0, 0.1) is 50.2 Å². The maximum atomic E-state index is 15.5. The number of carbonyl (C=O) groups excluding carboxylic acids is 1. The van der Waals surface area contributed by atoms with Gasteiger partial charge in [-0.15, -0.1) is 0 Å². The first-order valence-corrected chi connectivity index (χ1v) is 23.5. The van der Waals surface area contributed by atoms with E-state index in [9.17, 15) is 61.3 Å². The Morgan fingerprint density at radius 1 is 0.692 bits per heavy atom. The summed E-state index contributed by atoms with van der Waals surface area (Å²) in [5, 5.41) is 130. The number of esters is 1. The molecule has 24 atom stereocenters. The van der Waals surface area contributed by atoms with E-state index in [-0.39, 0.29) is 36.7 Å². The van der Waals surface area contributed by atoms with Gasteiger partial charge in [-0.1, -0.05) is 53.2 Å². The monoisotopic (exact) mass is 930 g/mol. The Labute approximate surface area is 379 Å². The minimum absolute atomic E-state index is 0.101. The summed E-state index contributed by atoms with van der Waals surface area (Å²) in [5.74, 6) is -1.67. The van der Waals surface area contributed by atoms with Crippen molar-refractivity contribution in [3.63, 3.8) is 0 Å². The van der Waals surface area contributed by atoms with Crippen molar-refractivity contribution in [1.29, 1.82) is 0 Å². The molecule has 3 saturated heterocycles. The van der Waals surface area contributed by atoms with Crippen LogP contribution in [0.25, 0.3) is 0 Å². The van der Waals surface area contributed by atoms with Crippen molar-refractivity contribution < 1.29 is 94.5 Å². The zero-order chi connectivity index (χ0) is 47.6. The van der Waals surface area contributed by atoms with Crippen LogP contribution >= 0.6 is 0 Å². The van der Waals surface area contributed by atoms with Crippen LogP contribution < -0.4 is 0 Å². The third kappa shape index (κ3) is 7.52. The number of rotatable bonds is 9. The van der Waals surface area contributed by atoms with Crippen molar-refractivity contribution in [3.05, 3.63) is 11.6 Å². The van der Waals surface area contributed by atoms with Gasteiger partial charge in [-0.25, -0.2) is 0 Å². The molecule has 0 bridgehead atoms. The van der Waals surface area contributed by atoms with Crippen molar-refractivity contribution in [3.8, 4) is 0 Å². The Hall–Kier alpha value is -1.47. The Balaban J connectivity index is 1.25. The Bertz CT molecular complexity index is 1780. The normalized spacial score (nSPS) is 55.2. The second-order valence-corrected chi connectivity index (χ2v) is 22.6. The van der Waals surface area contributed by atoms with Gasteiger partial charge in [0.05, 0.1) is 44.7 Å². The van der Waals surface area contributed by atoms with Crippen LogP contribution in [0.5, 0.6) is 0 Å². The fourth-order valence-corrected chi connectivity index (χ4v) is 14.7. The number of aliphatic hydroxyl groups excluding tert-OH is 12. The number of ether oxygens (including phenoxy) is 6. The lowest BCUT2D eigenvalue weighted by atomic mass is 9.33. The molecule has 12 N–H and O–H groups in total. The topological polar surface area (TPSA) is 315 Å². The molecule has 8 aliphatic rings. The van der Waals surface area contributed by atoms with Gasteiger partial charge in [0.15, 0.2) is 12.6 Å². The van der Waals surface area contributed by atoms with E-state index < -0.39 is 157 Å². The Morgan fingerprint density at radius 3 is 1.97 bits per heavy atom. The first-order valence-electron chi connectivity index (χ1n) is 23.5. The molecule has 0 aromatic heterocycles. The Kier molecular flexibility index (Phi) is 13.4. The molecule has 19 heteroatoms. The minimum Gasteiger partial charge on any atom is -0.432 e. The third-order valence-corrected chi connectivity index (χ3v) is 18.7. The van der Waals surface area contributed by atoms with Gasteiger partial charge in [-0.05, 0) is 90.8 Å². The fraction of sp³-hybridized carbons (Fsp3) is 0.935. The summed E-state index contributed by atoms with van der Waals surface area (Å²) in [7, 11) is 0. The van der Waals surface area contributed by atoms with Crippen molar-refractivity contribution in [2.75, 3.05) is 26.4 Å². The van der Waals surface area contributed by atoms with Crippen LogP contribution in [0.1, 0.15) is 92.9 Å². The average Bonchev–Trinajstić information content (AvgIpc) is 3.52. The van der Waals surface area contributed by atoms with Gasteiger partial charge in [-0.3, -0.25) is 4.79 Å². The number of fused-ring (bicyclic) bond motifs is 7. The molecule has 8 rings (SSSR count). The summed E-state index contributed by atoms with van der Waals surface area (Å²) in [4.78, 5) is 15.5. The summed E-state index contributed by atoms with van der Waals surface area (Å²) in [5.41, 5.74) is -3.81. The molecule has 0 aromatic rings. The highest BCUT2D eigenvalue weighted by Gasteiger charge is 2.73. The van der Waals surface area contributed by atoms with Crippen molar-refractivity contribution >= 4 is 5.97 Å². The molecule has 4 unspecified atom stereocenters. The quantitative estimate of drug-likeness (QED) is 0.0909. The number of hydrogen-bond acceptors (Lipinski definition) is 19. The number of carbonyl (C=O) groups is 1. The largest absolute Gasteiger partial charge is 0.432 e. The average molecular weight is 931 g/mol. The SMILES string of the molecule is CC1(C)CC[C@]2(C(=O)O[C@@H]3O[C@H](CO)[C@H](O)[C@H]3O)[C@H](O[C@@H]3O[C@H](CO)[C@@H](O)[C@H](O)[C@H]3OC3OCC(O)C(O)C3O)C[C@]3(C)C(=CC[C@@H]4[C@@]5(C)C[C@H](O)[C@H](O)[C@@](C)(CO)[C@@H]5CC[C@]43C)[C@@H]2C1. The summed E-state index contributed by atoms with van der Waals surface area (Å²) < 4.78 is 36.7. The fourth-order valence-electron chi connectivity index (χ4n) is 14.7. The standard InChI is InChI=1S/C46H74O19/c1-41(2)11-12-46(40(59)65-38-34(57)31(54)25(17-48)61-38)21(13-41)20-7-8-27-42(3)14-22(50)36(58)43(4,19-49)26(42)9-10-44(27,5)45(20,6)15-28(46)63-39-35(32(55)30(53)24(16-47)62-39)64-37-33(56)29(52)23(51)18-60-37/h7,21-39,47-58H,8-19H2,1-6H3/t21-,22-,23?,24+,25+,26+,27+,28+,29?,30+,31-,32-,33?,34+,35+,36-,37?,38-,39-,42-,43-,44+,45+,46+/m0/s1. The lowest BCUT2D eigenvalue weighted by Crippen LogP contribution is -2.70. The maximum Gasteiger partial charge on any atom is 0.317 e. The van der Waals surface area contributed by atoms with E-state index in [1.165, 1.54) is 0 Å². The van der Waals surface area contributed by atoms with E-state index in [1.807, 2.05) is 6.92 Å². The highest BCUT2D eigenvalue weighted by atomic mass is 16.8. The summed E-state index contributed by atoms with van der Waals surface area (Å²) in [6.07, 6.45) is -19.0. The second kappa shape index (κ2) is 17.4. The van der Waals surface area contributed by atoms with E-state index in [4.69, 9.17) is 28.4 Å². The molecule has 3 heterocycles. The predicted octanol–water partition coefficient (Wildman–Crippen LogP) is -1.67. The smallest absolute Gasteiger partial charge is 0.317 e. The lowest BCUT2D eigenvalue weighted by molar-refractivity contribution is -0.370. The van der Waals surface area contributed by atoms with E-state index in [0.717, 1.165) is 5.57 Å². The van der Waals surface area contributed by atoms with Crippen LogP contribution in [0.2, 0.25) is 0 Å². The van der Waals surface area contributed by atoms with Crippen LogP contribution in [0.15, 0.2) is 11.6 Å². The third-order valence-electron chi connectivity index (χ3n) is 18.7. The summed E-state index contributed by atoms with van der Waals surface area (Å²) >= 11 is 0. The van der Waals surface area contributed by atoms with Gasteiger partial charge in [0.1, 0.15) is 66.5 Å². The molecule has 19 nitrogen and oxygen atoms in total. The predicted molar refractivity (Wildman–Crippen MR) is 222 cm³/mol. The molecule has 65 heavy (non-hydrogen) atoms. The molecule has 0 amide bonds. The zero-order valence-electron chi connectivity index (χ0n) is 38.3. The van der Waals surface area contributed by atoms with Crippen molar-refractivity contribution in [2.24, 2.45) is 50.2 Å². The van der Waals surface area contributed by atoms with E-state index >= 15 is 4.79 Å². The molecule has 5 aliphatic carbocycles. The van der Waals surface area contributed by atoms with E-state index in [0.29, 0.717) is 38.5 Å². The van der Waals surface area contributed by atoms with Gasteiger partial charge in [0.2, 0.25) is 6.29 Å². The molecular weight excluding hydrogens is 856 g/mol. The zero-order valence-corrected chi connectivity index (χ0v) is 38.3. The maximum absolute atomic E-state index is 15.5. The van der Waals surface area contributed by atoms with Crippen molar-refractivity contribution in [1.82, 2.24) is 0 Å². The molecule has 0 spiro atoms. The second-order valence-electron chi connectivity index (χ2n) is 22.6. The van der Waals surface area contributed by atoms with Gasteiger partial charge < -0.3 is 89.7 Å². The molecular formula is C46H74O19. The lowest BCUT2D eigenvalue weighted by Gasteiger charge is -2.72. The van der Waals surface area contributed by atoms with Gasteiger partial charge in [-0.2, -0.15) is 0 Å². The van der Waals surface area contributed by atoms with Gasteiger partial charge in [0, 0.05) is 5.41 Å². The summed E-state index contributed by atoms with van der Waals surface area (Å²) in [6.45, 7) is 10.4. The van der Waals surface area contributed by atoms with E-state index in [1.54, 1.807) is 0 Å². The van der Waals surface area contributed by atoms with E-state index in [2.05, 4.69) is 40.7 Å². The number of allylic oxidation sites excluding steroid dienone is 2. The number of aliphatic hydroxyl groups is 12. The minimum atomic E-state index is -1.84. The van der Waals surface area contributed by atoms with Crippen LogP contribution in [-0.2, 0) is 33.2 Å². The molecule has 4 saturated carbocycles. The molecule has 0 radical (unpaired) electrons. The highest BCUT2D eigenvalue weighted by molar-refractivity contribution is 5.80. The van der Waals surface area contributed by atoms with Crippen LogP contribution in [-0.4, -0.2) is 192 Å². The highest BCUT2D eigenvalue weighted by Crippen LogP contribution is 2.76. The van der Waals surface area contributed by atoms with Crippen LogP contribution in [0.3, 0.4) is 0 Å².